The molecule has 2 heterocycles. The van der Waals surface area contributed by atoms with E-state index < -0.39 is 0 Å². The van der Waals surface area contributed by atoms with Crippen molar-refractivity contribution in [1.29, 1.82) is 0 Å². The monoisotopic (exact) mass is 335 g/mol. The largest absolute Gasteiger partial charge is 0.473 e. The van der Waals surface area contributed by atoms with E-state index in [9.17, 15) is 0 Å². The van der Waals surface area contributed by atoms with Gasteiger partial charge in [0.25, 0.3) is 0 Å². The quantitative estimate of drug-likeness (QED) is 0.831. The summed E-state index contributed by atoms with van der Waals surface area (Å²) in [6, 6.07) is 1.93. The van der Waals surface area contributed by atoms with Gasteiger partial charge in [-0.25, -0.2) is 4.98 Å². The third-order valence-electron chi connectivity index (χ3n) is 2.22. The summed E-state index contributed by atoms with van der Waals surface area (Å²) in [7, 11) is 0. The Kier molecular flexibility index (Phi) is 3.99. The highest BCUT2D eigenvalue weighted by Crippen LogP contribution is 2.27. The molecule has 0 amide bonds. The molecule has 3 nitrogen and oxygen atoms in total. The molecular formula is C10H11Br2NO2. The van der Waals surface area contributed by atoms with Gasteiger partial charge in [-0.1, -0.05) is 0 Å². The van der Waals surface area contributed by atoms with Crippen LogP contribution in [0.1, 0.15) is 12.8 Å². The van der Waals surface area contributed by atoms with Gasteiger partial charge in [0.15, 0.2) is 0 Å². The predicted octanol–water partition coefficient (Wildman–Crippen LogP) is 3.16. The third-order valence-corrected chi connectivity index (χ3v) is 3.22. The lowest BCUT2D eigenvalue weighted by atomic mass is 10.2. The van der Waals surface area contributed by atoms with Gasteiger partial charge < -0.3 is 9.47 Å². The lowest BCUT2D eigenvalue weighted by Gasteiger charge is -2.23. The molecule has 82 valence electrons. The number of pyridine rings is 1. The molecule has 15 heavy (non-hydrogen) atoms. The molecule has 5 heteroatoms. The van der Waals surface area contributed by atoms with Crippen LogP contribution in [0.3, 0.4) is 0 Å². The van der Waals surface area contributed by atoms with E-state index in [1.807, 2.05) is 6.07 Å². The zero-order chi connectivity index (χ0) is 10.7. The molecule has 2 rings (SSSR count). The topological polar surface area (TPSA) is 31.4 Å². The molecular weight excluding hydrogens is 326 g/mol. The van der Waals surface area contributed by atoms with Crippen LogP contribution in [-0.4, -0.2) is 24.3 Å². The van der Waals surface area contributed by atoms with Gasteiger partial charge in [0, 0.05) is 23.5 Å². The van der Waals surface area contributed by atoms with Gasteiger partial charge in [-0.15, -0.1) is 0 Å². The minimum atomic E-state index is 0.226. The molecule has 0 aliphatic carbocycles. The van der Waals surface area contributed by atoms with Crippen LogP contribution in [0.25, 0.3) is 0 Å². The molecule has 1 saturated heterocycles. The zero-order valence-corrected chi connectivity index (χ0v) is 11.3. The minimum absolute atomic E-state index is 0.226. The molecule has 0 aromatic carbocycles. The molecule has 0 unspecified atom stereocenters. The van der Waals surface area contributed by atoms with Crippen LogP contribution < -0.4 is 4.74 Å². The van der Waals surface area contributed by atoms with E-state index in [1.54, 1.807) is 6.20 Å². The molecule has 1 aromatic rings. The van der Waals surface area contributed by atoms with E-state index in [0.717, 1.165) is 35.0 Å². The van der Waals surface area contributed by atoms with E-state index in [-0.39, 0.29) is 6.10 Å². The first kappa shape index (κ1) is 11.4. The van der Waals surface area contributed by atoms with Crippen molar-refractivity contribution in [2.45, 2.75) is 18.9 Å². The fourth-order valence-electron chi connectivity index (χ4n) is 1.44. The summed E-state index contributed by atoms with van der Waals surface area (Å²) in [5.74, 6) is 0.658. The lowest BCUT2D eigenvalue weighted by molar-refractivity contribution is 0.0234. The summed E-state index contributed by atoms with van der Waals surface area (Å²) in [5.41, 5.74) is 0. The molecule has 0 atom stereocenters. The molecule has 0 spiro atoms. The Labute approximate surface area is 105 Å². The molecule has 1 fully saturated rings. The summed E-state index contributed by atoms with van der Waals surface area (Å²) >= 11 is 6.78. The van der Waals surface area contributed by atoms with Crippen LogP contribution in [0.4, 0.5) is 0 Å². The average molecular weight is 337 g/mol. The maximum atomic E-state index is 5.78. The number of nitrogens with zero attached hydrogens (tertiary/aromatic N) is 1. The number of hydrogen-bond donors (Lipinski definition) is 0. The Hall–Kier alpha value is -0.130. The van der Waals surface area contributed by atoms with Crippen LogP contribution >= 0.6 is 31.9 Å². The van der Waals surface area contributed by atoms with Gasteiger partial charge in [0.2, 0.25) is 5.88 Å². The first-order valence-corrected chi connectivity index (χ1v) is 6.40. The van der Waals surface area contributed by atoms with Crippen molar-refractivity contribution in [2.75, 3.05) is 13.2 Å². The number of rotatable bonds is 2. The molecule has 0 saturated carbocycles. The summed E-state index contributed by atoms with van der Waals surface area (Å²) in [4.78, 5) is 4.22. The fourth-order valence-corrected chi connectivity index (χ4v) is 2.52. The van der Waals surface area contributed by atoms with Crippen molar-refractivity contribution in [1.82, 2.24) is 4.98 Å². The zero-order valence-electron chi connectivity index (χ0n) is 8.08. The highest BCUT2D eigenvalue weighted by Gasteiger charge is 2.17. The smallest absolute Gasteiger partial charge is 0.228 e. The van der Waals surface area contributed by atoms with Crippen molar-refractivity contribution in [3.05, 3.63) is 21.2 Å². The average Bonchev–Trinajstić information content (AvgIpc) is 2.24. The molecule has 0 radical (unpaired) electrons. The van der Waals surface area contributed by atoms with Crippen molar-refractivity contribution >= 4 is 31.9 Å². The first-order valence-electron chi connectivity index (χ1n) is 4.81. The number of ether oxygens (including phenoxy) is 2. The van der Waals surface area contributed by atoms with Gasteiger partial charge in [-0.3, -0.25) is 0 Å². The number of aromatic nitrogens is 1. The van der Waals surface area contributed by atoms with Crippen molar-refractivity contribution < 1.29 is 9.47 Å². The second-order valence-electron chi connectivity index (χ2n) is 3.37. The highest BCUT2D eigenvalue weighted by atomic mass is 79.9. The number of hydrogen-bond acceptors (Lipinski definition) is 3. The van der Waals surface area contributed by atoms with E-state index in [1.165, 1.54) is 0 Å². The predicted molar refractivity (Wildman–Crippen MR) is 64.1 cm³/mol. The van der Waals surface area contributed by atoms with Crippen molar-refractivity contribution in [3.63, 3.8) is 0 Å². The Balaban J connectivity index is 2.03. The van der Waals surface area contributed by atoms with Gasteiger partial charge in [0.1, 0.15) is 6.10 Å². The van der Waals surface area contributed by atoms with Gasteiger partial charge in [-0.2, -0.15) is 0 Å². The second kappa shape index (κ2) is 5.27. The molecule has 1 aromatic heterocycles. The van der Waals surface area contributed by atoms with Crippen LogP contribution in [0.5, 0.6) is 5.88 Å². The first-order chi connectivity index (χ1) is 7.25. The molecule has 1 aliphatic heterocycles. The van der Waals surface area contributed by atoms with Crippen LogP contribution in [-0.2, 0) is 4.74 Å². The van der Waals surface area contributed by atoms with E-state index in [2.05, 4.69) is 36.8 Å². The summed E-state index contributed by atoms with van der Waals surface area (Å²) in [5, 5.41) is 0. The van der Waals surface area contributed by atoms with E-state index in [4.69, 9.17) is 9.47 Å². The number of halogens is 2. The third kappa shape index (κ3) is 3.16. The molecule has 0 bridgehead atoms. The molecule has 1 aliphatic rings. The van der Waals surface area contributed by atoms with Gasteiger partial charge >= 0.3 is 0 Å². The van der Waals surface area contributed by atoms with Crippen LogP contribution in [0.15, 0.2) is 21.2 Å². The molecule has 0 N–H and O–H groups in total. The maximum absolute atomic E-state index is 5.78. The lowest BCUT2D eigenvalue weighted by Crippen LogP contribution is -2.26. The van der Waals surface area contributed by atoms with Crippen LogP contribution in [0, 0.1) is 0 Å². The van der Waals surface area contributed by atoms with E-state index in [0.29, 0.717) is 5.88 Å². The summed E-state index contributed by atoms with van der Waals surface area (Å²) in [6.07, 6.45) is 3.83. The standard InChI is InChI=1S/C10H11Br2NO2/c11-7-5-9(12)10(13-6-7)15-8-1-3-14-4-2-8/h5-6,8H,1-4H2. The fraction of sp³-hybridized carbons (Fsp3) is 0.500. The minimum Gasteiger partial charge on any atom is -0.473 e. The maximum Gasteiger partial charge on any atom is 0.228 e. The Bertz CT molecular complexity index is 340. The SMILES string of the molecule is Brc1cnc(OC2CCOCC2)c(Br)c1. The highest BCUT2D eigenvalue weighted by molar-refractivity contribution is 9.11. The Morgan fingerprint density at radius 2 is 2.07 bits per heavy atom. The van der Waals surface area contributed by atoms with E-state index >= 15 is 0 Å². The second-order valence-corrected chi connectivity index (χ2v) is 5.14. The van der Waals surface area contributed by atoms with Crippen LogP contribution in [0.2, 0.25) is 0 Å². The summed E-state index contributed by atoms with van der Waals surface area (Å²) < 4.78 is 12.9. The normalized spacial score (nSPS) is 17.7. The Morgan fingerprint density at radius 3 is 2.73 bits per heavy atom. The van der Waals surface area contributed by atoms with Gasteiger partial charge in [0.05, 0.1) is 17.7 Å². The van der Waals surface area contributed by atoms with Crippen molar-refractivity contribution in [3.8, 4) is 5.88 Å². The van der Waals surface area contributed by atoms with Gasteiger partial charge in [-0.05, 0) is 37.9 Å². The van der Waals surface area contributed by atoms with Crippen molar-refractivity contribution in [2.24, 2.45) is 0 Å². The summed E-state index contributed by atoms with van der Waals surface area (Å²) in [6.45, 7) is 1.55. The Morgan fingerprint density at radius 1 is 1.33 bits per heavy atom.